The molecule has 0 N–H and O–H groups in total. The number of hydrogen-bond acceptors (Lipinski definition) is 2. The minimum absolute atomic E-state index is 0.0655. The largest absolute Gasteiger partial charge is 0.472 e. The van der Waals surface area contributed by atoms with Crippen LogP contribution in [0.25, 0.3) is 0 Å². The summed E-state index contributed by atoms with van der Waals surface area (Å²) in [5.41, 5.74) is 0.640. The van der Waals surface area contributed by atoms with Crippen LogP contribution in [0.2, 0.25) is 0 Å². The molecule has 0 bridgehead atoms. The molecule has 3 nitrogen and oxygen atoms in total. The lowest BCUT2D eigenvalue weighted by Gasteiger charge is -2.13. The van der Waals surface area contributed by atoms with E-state index in [1.165, 1.54) is 12.5 Å². The van der Waals surface area contributed by atoms with Gasteiger partial charge in [-0.25, -0.2) is 0 Å². The molecule has 1 saturated heterocycles. The van der Waals surface area contributed by atoms with E-state index in [0.717, 1.165) is 19.5 Å². The normalized spacial score (nSPS) is 22.2. The predicted octanol–water partition coefficient (Wildman–Crippen LogP) is 1.89. The summed E-state index contributed by atoms with van der Waals surface area (Å²) < 4.78 is 4.86. The maximum atomic E-state index is 11.7. The molecule has 1 aliphatic rings. The van der Waals surface area contributed by atoms with E-state index in [1.54, 1.807) is 6.07 Å². The van der Waals surface area contributed by atoms with Gasteiger partial charge in [-0.1, -0.05) is 15.9 Å². The van der Waals surface area contributed by atoms with Crippen molar-refractivity contribution in [2.75, 3.05) is 13.1 Å². The van der Waals surface area contributed by atoms with Crippen LogP contribution >= 0.6 is 15.9 Å². The molecule has 0 saturated carbocycles. The van der Waals surface area contributed by atoms with Crippen LogP contribution in [0.5, 0.6) is 0 Å². The Morgan fingerprint density at radius 3 is 3.08 bits per heavy atom. The third-order valence-electron chi connectivity index (χ3n) is 2.19. The lowest BCUT2D eigenvalue weighted by atomic mass is 10.3. The molecule has 1 fully saturated rings. The fourth-order valence-electron chi connectivity index (χ4n) is 1.47. The number of halogens is 1. The summed E-state index contributed by atoms with van der Waals surface area (Å²) in [5.74, 6) is 0.0655. The van der Waals surface area contributed by atoms with Gasteiger partial charge in [0.15, 0.2) is 0 Å². The van der Waals surface area contributed by atoms with Gasteiger partial charge in [0.25, 0.3) is 5.91 Å². The van der Waals surface area contributed by atoms with Gasteiger partial charge in [0.2, 0.25) is 0 Å². The van der Waals surface area contributed by atoms with Crippen LogP contribution in [0.3, 0.4) is 0 Å². The second kappa shape index (κ2) is 3.54. The van der Waals surface area contributed by atoms with Crippen LogP contribution in [0.4, 0.5) is 0 Å². The van der Waals surface area contributed by atoms with E-state index in [2.05, 4.69) is 15.9 Å². The topological polar surface area (TPSA) is 33.5 Å². The lowest BCUT2D eigenvalue weighted by molar-refractivity contribution is 0.0793. The maximum absolute atomic E-state index is 11.7. The zero-order valence-electron chi connectivity index (χ0n) is 7.07. The molecule has 0 aromatic carbocycles. The Kier molecular flexibility index (Phi) is 2.40. The van der Waals surface area contributed by atoms with Crippen molar-refractivity contribution < 1.29 is 9.21 Å². The van der Waals surface area contributed by atoms with Crippen LogP contribution in [-0.2, 0) is 0 Å². The van der Waals surface area contributed by atoms with Gasteiger partial charge >= 0.3 is 0 Å². The van der Waals surface area contributed by atoms with Crippen LogP contribution in [0.1, 0.15) is 16.8 Å². The fourth-order valence-corrected chi connectivity index (χ4v) is 2.03. The molecule has 1 unspecified atom stereocenters. The summed E-state index contributed by atoms with van der Waals surface area (Å²) in [6.07, 6.45) is 4.04. The summed E-state index contributed by atoms with van der Waals surface area (Å²) >= 11 is 3.49. The van der Waals surface area contributed by atoms with Gasteiger partial charge < -0.3 is 9.32 Å². The Morgan fingerprint density at radius 2 is 2.54 bits per heavy atom. The number of amides is 1. The van der Waals surface area contributed by atoms with Crippen molar-refractivity contribution in [1.29, 1.82) is 0 Å². The molecule has 0 aliphatic carbocycles. The van der Waals surface area contributed by atoms with Crippen molar-refractivity contribution in [2.45, 2.75) is 11.2 Å². The highest BCUT2D eigenvalue weighted by Crippen LogP contribution is 2.18. The molecule has 1 aromatic heterocycles. The smallest absolute Gasteiger partial charge is 0.257 e. The molecule has 1 aromatic rings. The molecule has 13 heavy (non-hydrogen) atoms. The second-order valence-electron chi connectivity index (χ2n) is 3.15. The predicted molar refractivity (Wildman–Crippen MR) is 51.9 cm³/mol. The van der Waals surface area contributed by atoms with Gasteiger partial charge in [-0.05, 0) is 12.5 Å². The van der Waals surface area contributed by atoms with Crippen molar-refractivity contribution in [3.63, 3.8) is 0 Å². The summed E-state index contributed by atoms with van der Waals surface area (Å²) in [4.78, 5) is 14.0. The number of carbonyl (C=O) groups is 1. The average Bonchev–Trinajstić information content (AvgIpc) is 2.72. The minimum atomic E-state index is 0.0655. The van der Waals surface area contributed by atoms with Crippen molar-refractivity contribution in [2.24, 2.45) is 0 Å². The monoisotopic (exact) mass is 243 g/mol. The first-order valence-electron chi connectivity index (χ1n) is 4.23. The highest BCUT2D eigenvalue weighted by atomic mass is 79.9. The summed E-state index contributed by atoms with van der Waals surface area (Å²) in [5, 5.41) is 0. The first-order valence-corrected chi connectivity index (χ1v) is 5.14. The molecule has 2 heterocycles. The second-order valence-corrected chi connectivity index (χ2v) is 4.44. The Balaban J connectivity index is 2.06. The molecule has 4 heteroatoms. The van der Waals surface area contributed by atoms with E-state index >= 15 is 0 Å². The van der Waals surface area contributed by atoms with E-state index in [4.69, 9.17) is 4.42 Å². The van der Waals surface area contributed by atoms with Gasteiger partial charge in [-0.2, -0.15) is 0 Å². The standard InChI is InChI=1S/C9H10BrNO2/c10-8-1-3-11(5-8)9(12)7-2-4-13-6-7/h2,4,6,8H,1,3,5H2. The minimum Gasteiger partial charge on any atom is -0.472 e. The van der Waals surface area contributed by atoms with E-state index < -0.39 is 0 Å². The Hall–Kier alpha value is -0.770. The molecule has 0 radical (unpaired) electrons. The molecule has 1 atom stereocenters. The fraction of sp³-hybridized carbons (Fsp3) is 0.444. The van der Waals surface area contributed by atoms with Crippen molar-refractivity contribution in [3.8, 4) is 0 Å². The molecule has 1 aliphatic heterocycles. The summed E-state index contributed by atoms with van der Waals surface area (Å²) in [6, 6.07) is 1.70. The highest BCUT2D eigenvalue weighted by molar-refractivity contribution is 9.09. The third kappa shape index (κ3) is 1.77. The molecule has 0 spiro atoms. The number of carbonyl (C=O) groups excluding carboxylic acids is 1. The van der Waals surface area contributed by atoms with Gasteiger partial charge in [0.1, 0.15) is 6.26 Å². The van der Waals surface area contributed by atoms with Gasteiger partial charge in [0, 0.05) is 17.9 Å². The number of nitrogens with zero attached hydrogens (tertiary/aromatic N) is 1. The Morgan fingerprint density at radius 1 is 1.69 bits per heavy atom. The number of hydrogen-bond donors (Lipinski definition) is 0. The van der Waals surface area contributed by atoms with Crippen LogP contribution in [0.15, 0.2) is 23.0 Å². The molecule has 2 rings (SSSR count). The van der Waals surface area contributed by atoms with Gasteiger partial charge in [0.05, 0.1) is 11.8 Å². The van der Waals surface area contributed by atoms with Crippen molar-refractivity contribution in [3.05, 3.63) is 24.2 Å². The van der Waals surface area contributed by atoms with Gasteiger partial charge in [-0.15, -0.1) is 0 Å². The van der Waals surface area contributed by atoms with Crippen LogP contribution < -0.4 is 0 Å². The Bertz CT molecular complexity index is 297. The van der Waals surface area contributed by atoms with Crippen LogP contribution in [0, 0.1) is 0 Å². The SMILES string of the molecule is O=C(c1ccoc1)N1CCC(Br)C1. The highest BCUT2D eigenvalue weighted by Gasteiger charge is 2.25. The zero-order valence-corrected chi connectivity index (χ0v) is 8.66. The molecular weight excluding hydrogens is 234 g/mol. The number of rotatable bonds is 1. The molecule has 70 valence electrons. The average molecular weight is 244 g/mol. The maximum Gasteiger partial charge on any atom is 0.257 e. The van der Waals surface area contributed by atoms with Crippen LogP contribution in [-0.4, -0.2) is 28.7 Å². The third-order valence-corrected chi connectivity index (χ3v) is 2.93. The van der Waals surface area contributed by atoms with Gasteiger partial charge in [-0.3, -0.25) is 4.79 Å². The van der Waals surface area contributed by atoms with E-state index in [0.29, 0.717) is 10.4 Å². The number of alkyl halides is 1. The molecular formula is C9H10BrNO2. The summed E-state index contributed by atoms with van der Waals surface area (Å²) in [7, 11) is 0. The number of furan rings is 1. The quantitative estimate of drug-likeness (QED) is 0.707. The van der Waals surface area contributed by atoms with E-state index in [1.807, 2.05) is 4.90 Å². The van der Waals surface area contributed by atoms with E-state index in [-0.39, 0.29) is 5.91 Å². The van der Waals surface area contributed by atoms with Crippen molar-refractivity contribution in [1.82, 2.24) is 4.90 Å². The molecule has 1 amide bonds. The van der Waals surface area contributed by atoms with Crippen molar-refractivity contribution >= 4 is 21.8 Å². The lowest BCUT2D eigenvalue weighted by Crippen LogP contribution is -2.28. The number of likely N-dealkylation sites (tertiary alicyclic amines) is 1. The first kappa shape index (κ1) is 8.81. The Labute approximate surface area is 84.8 Å². The summed E-state index contributed by atoms with van der Waals surface area (Å²) in [6.45, 7) is 1.63. The zero-order chi connectivity index (χ0) is 9.26. The van der Waals surface area contributed by atoms with E-state index in [9.17, 15) is 4.79 Å². The first-order chi connectivity index (χ1) is 6.27.